The lowest BCUT2D eigenvalue weighted by atomic mass is 9.96. The number of alkyl halides is 2. The fourth-order valence-electron chi connectivity index (χ4n) is 4.75. The van der Waals surface area contributed by atoms with Crippen LogP contribution in [-0.4, -0.2) is 40.2 Å². The van der Waals surface area contributed by atoms with Crippen LogP contribution in [0.2, 0.25) is 0 Å². The van der Waals surface area contributed by atoms with Crippen LogP contribution in [0, 0.1) is 6.92 Å². The number of aromatic nitrogens is 1. The lowest BCUT2D eigenvalue weighted by Gasteiger charge is -2.22. The number of rotatable bonds is 7. The van der Waals surface area contributed by atoms with Crippen molar-refractivity contribution in [2.45, 2.75) is 39.0 Å². The maximum atomic E-state index is 13.2. The summed E-state index contributed by atoms with van der Waals surface area (Å²) in [5.74, 6) is -0.585. The maximum Gasteiger partial charge on any atom is 0.387 e. The van der Waals surface area contributed by atoms with E-state index >= 15 is 0 Å². The molecular formula is C27H26F2N2O4S. The first kappa shape index (κ1) is 25.7. The second-order valence-corrected chi connectivity index (χ2v) is 8.64. The molecule has 5 rings (SSSR count). The van der Waals surface area contributed by atoms with Crippen molar-refractivity contribution in [3.05, 3.63) is 71.8 Å². The predicted octanol–water partition coefficient (Wildman–Crippen LogP) is 6.23. The first-order valence-electron chi connectivity index (χ1n) is 11.4. The lowest BCUT2D eigenvalue weighted by Crippen LogP contribution is -2.35. The minimum absolute atomic E-state index is 0. The molecule has 0 unspecified atom stereocenters. The van der Waals surface area contributed by atoms with Crippen molar-refractivity contribution >= 4 is 30.6 Å². The van der Waals surface area contributed by atoms with E-state index in [4.69, 9.17) is 9.15 Å². The summed E-state index contributed by atoms with van der Waals surface area (Å²) in [5.41, 5.74) is 5.15. The van der Waals surface area contributed by atoms with E-state index in [0.29, 0.717) is 35.5 Å². The van der Waals surface area contributed by atoms with E-state index in [1.807, 2.05) is 55.5 Å². The Morgan fingerprint density at radius 1 is 1.17 bits per heavy atom. The van der Waals surface area contributed by atoms with E-state index < -0.39 is 18.6 Å². The zero-order valence-corrected chi connectivity index (χ0v) is 20.6. The highest BCUT2D eigenvalue weighted by molar-refractivity contribution is 7.59. The summed E-state index contributed by atoms with van der Waals surface area (Å²) in [5, 5.41) is 9.49. The van der Waals surface area contributed by atoms with Gasteiger partial charge in [0.1, 0.15) is 17.3 Å². The number of ether oxygens (including phenoxy) is 1. The van der Waals surface area contributed by atoms with Crippen LogP contribution in [0.3, 0.4) is 0 Å². The fourth-order valence-corrected chi connectivity index (χ4v) is 4.75. The van der Waals surface area contributed by atoms with Crippen LogP contribution in [0.1, 0.15) is 24.0 Å². The van der Waals surface area contributed by atoms with E-state index in [2.05, 4.69) is 4.98 Å². The second kappa shape index (κ2) is 10.7. The monoisotopic (exact) mass is 512 g/mol. The average Bonchev–Trinajstić information content (AvgIpc) is 3.46. The molecule has 1 N–H and O–H groups in total. The van der Waals surface area contributed by atoms with Gasteiger partial charge in [0.25, 0.3) is 0 Å². The van der Waals surface area contributed by atoms with Crippen LogP contribution < -0.4 is 4.74 Å². The third-order valence-electron chi connectivity index (χ3n) is 6.46. The number of likely N-dealkylation sites (tertiary alicyclic amines) is 1. The number of hydrogen-bond donors (Lipinski definition) is 1. The number of oxazole rings is 1. The topological polar surface area (TPSA) is 75.8 Å². The molecule has 0 amide bonds. The molecule has 1 saturated heterocycles. The van der Waals surface area contributed by atoms with Crippen LogP contribution in [0.25, 0.3) is 33.7 Å². The van der Waals surface area contributed by atoms with Crippen LogP contribution in [0.5, 0.6) is 5.75 Å². The summed E-state index contributed by atoms with van der Waals surface area (Å²) in [6.45, 7) is -0.298. The van der Waals surface area contributed by atoms with Gasteiger partial charge in [0, 0.05) is 23.7 Å². The van der Waals surface area contributed by atoms with Gasteiger partial charge in [-0.3, -0.25) is 9.69 Å². The number of carbonyl (C=O) groups is 1. The van der Waals surface area contributed by atoms with Crippen molar-refractivity contribution in [1.29, 1.82) is 0 Å². The molecule has 9 heteroatoms. The van der Waals surface area contributed by atoms with Gasteiger partial charge in [-0.05, 0) is 55.1 Å². The minimum atomic E-state index is -3.02. The Morgan fingerprint density at radius 2 is 1.92 bits per heavy atom. The Bertz CT molecular complexity index is 1380. The van der Waals surface area contributed by atoms with Crippen LogP contribution >= 0.6 is 13.5 Å². The van der Waals surface area contributed by atoms with Gasteiger partial charge in [-0.25, -0.2) is 4.98 Å². The van der Waals surface area contributed by atoms with E-state index in [9.17, 15) is 18.7 Å². The number of aliphatic carboxylic acids is 1. The van der Waals surface area contributed by atoms with Crippen molar-refractivity contribution in [2.75, 3.05) is 6.54 Å². The molecule has 0 saturated carbocycles. The zero-order valence-electron chi connectivity index (χ0n) is 19.6. The molecule has 1 atom stereocenters. The van der Waals surface area contributed by atoms with Gasteiger partial charge in [-0.15, -0.1) is 0 Å². The van der Waals surface area contributed by atoms with E-state index in [-0.39, 0.29) is 25.8 Å². The molecule has 2 heterocycles. The highest BCUT2D eigenvalue weighted by Gasteiger charge is 2.31. The number of fused-ring (bicyclic) bond motifs is 1. The molecule has 4 aromatic rings. The molecule has 1 aromatic heterocycles. The van der Waals surface area contributed by atoms with Crippen molar-refractivity contribution in [1.82, 2.24) is 9.88 Å². The minimum Gasteiger partial charge on any atom is -0.480 e. The van der Waals surface area contributed by atoms with Gasteiger partial charge < -0.3 is 14.3 Å². The van der Waals surface area contributed by atoms with Crippen molar-refractivity contribution in [3.8, 4) is 28.3 Å². The summed E-state index contributed by atoms with van der Waals surface area (Å²) in [6, 6.07) is 18.2. The smallest absolute Gasteiger partial charge is 0.387 e. The van der Waals surface area contributed by atoms with E-state index in [0.717, 1.165) is 28.7 Å². The Balaban J connectivity index is 0.00000304. The van der Waals surface area contributed by atoms with Gasteiger partial charge in [0.2, 0.25) is 5.89 Å². The van der Waals surface area contributed by atoms with Crippen LogP contribution in [0.15, 0.2) is 65.1 Å². The quantitative estimate of drug-likeness (QED) is 0.316. The summed E-state index contributed by atoms with van der Waals surface area (Å²) in [7, 11) is 0. The lowest BCUT2D eigenvalue weighted by molar-refractivity contribution is -0.142. The Morgan fingerprint density at radius 3 is 2.64 bits per heavy atom. The van der Waals surface area contributed by atoms with E-state index in [1.165, 1.54) is 6.07 Å². The standard InChI is InChI=1S/C27H24F2N2O4.H2S/c1-16-19(17-7-3-2-4-8-17)9-5-10-20(16)25-30-21-13-18(15-31-12-6-11-22(31)26(32)33)23(35-27(28)29)14-24(21)34-25;/h2-5,7-10,13-14,22,27H,6,11-12,15H2,1H3,(H,32,33);1H2/t22-;/m0./s1. The highest BCUT2D eigenvalue weighted by Crippen LogP contribution is 2.36. The highest BCUT2D eigenvalue weighted by atomic mass is 32.1. The molecular weight excluding hydrogens is 486 g/mol. The largest absolute Gasteiger partial charge is 0.480 e. The fraction of sp³-hybridized carbons (Fsp3) is 0.259. The Hall–Kier alpha value is -3.43. The molecule has 6 nitrogen and oxygen atoms in total. The van der Waals surface area contributed by atoms with Gasteiger partial charge >= 0.3 is 12.6 Å². The van der Waals surface area contributed by atoms with Crippen molar-refractivity contribution in [3.63, 3.8) is 0 Å². The van der Waals surface area contributed by atoms with Gasteiger partial charge in [-0.1, -0.05) is 42.5 Å². The maximum absolute atomic E-state index is 13.2. The number of hydrogen-bond acceptors (Lipinski definition) is 5. The molecule has 3 aromatic carbocycles. The Kier molecular flexibility index (Phi) is 7.61. The number of halogens is 2. The molecule has 0 aliphatic carbocycles. The number of carboxylic acid groups (broad SMARTS) is 1. The normalized spacial score (nSPS) is 15.8. The first-order chi connectivity index (χ1) is 16.9. The molecule has 36 heavy (non-hydrogen) atoms. The molecule has 1 aliphatic rings. The van der Waals surface area contributed by atoms with Crippen molar-refractivity contribution < 1.29 is 27.8 Å². The summed E-state index contributed by atoms with van der Waals surface area (Å²) in [4.78, 5) is 18.0. The third kappa shape index (κ3) is 5.08. The molecule has 0 bridgehead atoms. The average molecular weight is 513 g/mol. The summed E-state index contributed by atoms with van der Waals surface area (Å²) >= 11 is 0. The second-order valence-electron chi connectivity index (χ2n) is 8.64. The Labute approximate surface area is 214 Å². The van der Waals surface area contributed by atoms with Crippen molar-refractivity contribution in [2.24, 2.45) is 0 Å². The molecule has 0 spiro atoms. The van der Waals surface area contributed by atoms with Gasteiger partial charge in [0.05, 0.1) is 0 Å². The number of nitrogens with zero attached hydrogens (tertiary/aromatic N) is 2. The zero-order chi connectivity index (χ0) is 24.5. The first-order valence-corrected chi connectivity index (χ1v) is 11.4. The molecule has 188 valence electrons. The van der Waals surface area contributed by atoms with Crippen LogP contribution in [0.4, 0.5) is 8.78 Å². The predicted molar refractivity (Wildman–Crippen MR) is 138 cm³/mol. The third-order valence-corrected chi connectivity index (χ3v) is 6.46. The van der Waals surface area contributed by atoms with Gasteiger partial charge in [0.15, 0.2) is 5.58 Å². The molecule has 0 radical (unpaired) electrons. The number of benzene rings is 3. The summed E-state index contributed by atoms with van der Waals surface area (Å²) < 4.78 is 37.1. The SMILES string of the molecule is Cc1c(-c2ccccc2)cccc1-c1nc2cc(CN3CCC[C@H]3C(=O)O)c(OC(F)F)cc2o1.S. The molecule has 1 fully saturated rings. The van der Waals surface area contributed by atoms with Gasteiger partial charge in [-0.2, -0.15) is 22.3 Å². The summed E-state index contributed by atoms with van der Waals surface area (Å²) in [6.07, 6.45) is 1.25. The molecule has 1 aliphatic heterocycles. The number of carboxylic acids is 1. The van der Waals surface area contributed by atoms with E-state index in [1.54, 1.807) is 11.0 Å². The van der Waals surface area contributed by atoms with Crippen LogP contribution in [-0.2, 0) is 11.3 Å².